The van der Waals surface area contributed by atoms with Gasteiger partial charge in [-0.05, 0) is 47.5 Å². The Kier molecular flexibility index (Phi) is 6.27. The number of ether oxygens (including phenoxy) is 1. The number of fused-ring (bicyclic) bond motifs is 1. The van der Waals surface area contributed by atoms with Crippen molar-refractivity contribution in [3.05, 3.63) is 107 Å². The fourth-order valence-electron chi connectivity index (χ4n) is 2.91. The smallest absolute Gasteiger partial charge is 0.349 e. The number of halogens is 3. The van der Waals surface area contributed by atoms with Crippen molar-refractivity contribution >= 4 is 56.2 Å². The van der Waals surface area contributed by atoms with Crippen molar-refractivity contribution in [3.63, 3.8) is 0 Å². The zero-order chi connectivity index (χ0) is 22.0. The first kappa shape index (κ1) is 21.4. The van der Waals surface area contributed by atoms with Crippen LogP contribution in [-0.2, 0) is 6.61 Å². The fourth-order valence-corrected chi connectivity index (χ4v) is 3.79. The van der Waals surface area contributed by atoms with E-state index in [2.05, 4.69) is 26.0 Å². The lowest BCUT2D eigenvalue weighted by molar-refractivity contribution is 0.306. The van der Waals surface area contributed by atoms with Gasteiger partial charge in [0.25, 0.3) is 5.56 Å². The summed E-state index contributed by atoms with van der Waals surface area (Å²) in [6, 6.07) is 17.6. The third-order valence-electron chi connectivity index (χ3n) is 4.42. The number of aromatic nitrogens is 2. The molecule has 0 bridgehead atoms. The van der Waals surface area contributed by atoms with E-state index in [-0.39, 0.29) is 10.0 Å². The Morgan fingerprint density at radius 3 is 2.42 bits per heavy atom. The Morgan fingerprint density at radius 2 is 1.71 bits per heavy atom. The second kappa shape index (κ2) is 9.09. The quantitative estimate of drug-likeness (QED) is 0.368. The van der Waals surface area contributed by atoms with Crippen LogP contribution in [-0.4, -0.2) is 15.9 Å². The summed E-state index contributed by atoms with van der Waals surface area (Å²) in [6.45, 7) is 0.294. The molecule has 0 amide bonds. The summed E-state index contributed by atoms with van der Waals surface area (Å²) in [4.78, 5) is 27.4. The van der Waals surface area contributed by atoms with Crippen molar-refractivity contribution in [2.75, 3.05) is 0 Å². The van der Waals surface area contributed by atoms with Gasteiger partial charge < -0.3 is 9.72 Å². The largest absolute Gasteiger partial charge is 0.486 e. The molecular weight excluding hydrogens is 505 g/mol. The van der Waals surface area contributed by atoms with Gasteiger partial charge in [-0.1, -0.05) is 63.4 Å². The van der Waals surface area contributed by atoms with Crippen LogP contribution in [0.2, 0.25) is 10.0 Å². The number of H-pyrrole nitrogens is 1. The maximum atomic E-state index is 12.6. The molecule has 4 aromatic rings. The van der Waals surface area contributed by atoms with Crippen molar-refractivity contribution in [2.45, 2.75) is 6.61 Å². The highest BCUT2D eigenvalue weighted by Gasteiger charge is 2.11. The predicted octanol–water partition coefficient (Wildman–Crippen LogP) is 5.22. The van der Waals surface area contributed by atoms with E-state index in [1.165, 1.54) is 6.21 Å². The summed E-state index contributed by atoms with van der Waals surface area (Å²) in [6.07, 6.45) is 1.33. The van der Waals surface area contributed by atoms with E-state index >= 15 is 0 Å². The second-order valence-electron chi connectivity index (χ2n) is 6.57. The molecule has 3 aromatic carbocycles. The summed E-state index contributed by atoms with van der Waals surface area (Å²) in [7, 11) is 0. The maximum absolute atomic E-state index is 12.6. The minimum atomic E-state index is -0.647. The van der Waals surface area contributed by atoms with Gasteiger partial charge in [0.2, 0.25) is 0 Å². The summed E-state index contributed by atoms with van der Waals surface area (Å²) in [5, 5.41) is 4.93. The molecule has 4 rings (SSSR count). The standard InChI is InChI=1S/C22H14BrCl2N3O3/c23-15-7-5-13(6-8-15)12-31-20-17(24)9-14(10-18(20)25)11-26-28-21(29)16-3-1-2-4-19(16)27-22(28)30/h1-11H,12H2,(H,27,30). The molecule has 0 radical (unpaired) electrons. The summed E-state index contributed by atoms with van der Waals surface area (Å²) < 4.78 is 7.49. The third kappa shape index (κ3) is 4.74. The predicted molar refractivity (Wildman–Crippen MR) is 127 cm³/mol. The number of aromatic amines is 1. The van der Waals surface area contributed by atoms with Crippen LogP contribution in [0.3, 0.4) is 0 Å². The van der Waals surface area contributed by atoms with Gasteiger partial charge in [0, 0.05) is 4.47 Å². The van der Waals surface area contributed by atoms with Crippen LogP contribution in [0.1, 0.15) is 11.1 Å². The molecule has 0 saturated heterocycles. The summed E-state index contributed by atoms with van der Waals surface area (Å²) >= 11 is 16.1. The average molecular weight is 519 g/mol. The van der Waals surface area contributed by atoms with E-state index in [1.54, 1.807) is 36.4 Å². The molecule has 0 fully saturated rings. The molecule has 9 heteroatoms. The van der Waals surface area contributed by atoms with Gasteiger partial charge in [-0.2, -0.15) is 5.10 Å². The first-order valence-corrected chi connectivity index (χ1v) is 10.6. The van der Waals surface area contributed by atoms with Crippen LogP contribution in [0, 0.1) is 0 Å². The number of benzene rings is 3. The van der Waals surface area contributed by atoms with E-state index in [4.69, 9.17) is 27.9 Å². The highest BCUT2D eigenvalue weighted by Crippen LogP contribution is 2.34. The van der Waals surface area contributed by atoms with Crippen molar-refractivity contribution in [1.29, 1.82) is 0 Å². The normalized spacial score (nSPS) is 11.3. The molecule has 1 aromatic heterocycles. The lowest BCUT2D eigenvalue weighted by Gasteiger charge is -2.11. The van der Waals surface area contributed by atoms with Crippen LogP contribution < -0.4 is 16.0 Å². The Labute approximate surface area is 194 Å². The van der Waals surface area contributed by atoms with E-state index in [0.717, 1.165) is 14.7 Å². The lowest BCUT2D eigenvalue weighted by atomic mass is 10.2. The Morgan fingerprint density at radius 1 is 1.03 bits per heavy atom. The SMILES string of the molecule is O=c1[nH]c2ccccc2c(=O)n1N=Cc1cc(Cl)c(OCc2ccc(Br)cc2)c(Cl)c1. The number of para-hydroxylation sites is 1. The number of hydrogen-bond acceptors (Lipinski definition) is 4. The second-order valence-corrected chi connectivity index (χ2v) is 8.30. The van der Waals surface area contributed by atoms with Gasteiger partial charge in [-0.3, -0.25) is 4.79 Å². The minimum Gasteiger partial charge on any atom is -0.486 e. The van der Waals surface area contributed by atoms with Crippen LogP contribution >= 0.6 is 39.1 Å². The van der Waals surface area contributed by atoms with Gasteiger partial charge in [0.05, 0.1) is 27.2 Å². The van der Waals surface area contributed by atoms with Gasteiger partial charge in [0.1, 0.15) is 6.61 Å². The van der Waals surface area contributed by atoms with Crippen molar-refractivity contribution in [2.24, 2.45) is 5.10 Å². The lowest BCUT2D eigenvalue weighted by Crippen LogP contribution is -2.32. The molecule has 1 N–H and O–H groups in total. The molecule has 0 aliphatic rings. The number of nitrogens with zero attached hydrogens (tertiary/aromatic N) is 2. The molecule has 0 unspecified atom stereocenters. The van der Waals surface area contributed by atoms with Crippen molar-refractivity contribution < 1.29 is 4.74 Å². The summed E-state index contributed by atoms with van der Waals surface area (Å²) in [5.74, 6) is 0.337. The minimum absolute atomic E-state index is 0.283. The Bertz CT molecular complexity index is 1390. The van der Waals surface area contributed by atoms with E-state index in [9.17, 15) is 9.59 Å². The first-order chi connectivity index (χ1) is 14.9. The molecule has 156 valence electrons. The highest BCUT2D eigenvalue weighted by molar-refractivity contribution is 9.10. The third-order valence-corrected chi connectivity index (χ3v) is 5.51. The zero-order valence-corrected chi connectivity index (χ0v) is 18.9. The average Bonchev–Trinajstić information content (AvgIpc) is 2.74. The monoisotopic (exact) mass is 517 g/mol. The van der Waals surface area contributed by atoms with Crippen molar-refractivity contribution in [3.8, 4) is 5.75 Å². The van der Waals surface area contributed by atoms with Gasteiger partial charge in [-0.15, -0.1) is 4.68 Å². The van der Waals surface area contributed by atoms with Crippen LogP contribution in [0.25, 0.3) is 10.9 Å². The number of rotatable bonds is 5. The van der Waals surface area contributed by atoms with Crippen LogP contribution in [0.4, 0.5) is 0 Å². The highest BCUT2D eigenvalue weighted by atomic mass is 79.9. The molecule has 31 heavy (non-hydrogen) atoms. The maximum Gasteiger partial charge on any atom is 0.349 e. The molecule has 0 atom stereocenters. The first-order valence-electron chi connectivity index (χ1n) is 9.07. The summed E-state index contributed by atoms with van der Waals surface area (Å²) in [5.41, 5.74) is 0.734. The zero-order valence-electron chi connectivity index (χ0n) is 15.8. The van der Waals surface area contributed by atoms with Crippen LogP contribution in [0.5, 0.6) is 5.75 Å². The number of hydrogen-bond donors (Lipinski definition) is 1. The van der Waals surface area contributed by atoms with Gasteiger partial charge >= 0.3 is 5.69 Å². The molecule has 0 spiro atoms. The molecular formula is C22H14BrCl2N3O3. The Balaban J connectivity index is 1.59. The number of nitrogens with one attached hydrogen (secondary N) is 1. The Hall–Kier alpha value is -2.87. The molecule has 1 heterocycles. The topological polar surface area (TPSA) is 76.5 Å². The van der Waals surface area contributed by atoms with E-state index < -0.39 is 11.2 Å². The van der Waals surface area contributed by atoms with Crippen LogP contribution in [0.15, 0.2) is 79.8 Å². The van der Waals surface area contributed by atoms with Crippen molar-refractivity contribution in [1.82, 2.24) is 9.66 Å². The van der Waals surface area contributed by atoms with E-state index in [0.29, 0.717) is 28.8 Å². The van der Waals surface area contributed by atoms with Gasteiger partial charge in [0.15, 0.2) is 5.75 Å². The molecule has 0 aliphatic heterocycles. The van der Waals surface area contributed by atoms with Gasteiger partial charge in [-0.25, -0.2) is 4.79 Å². The molecule has 0 aliphatic carbocycles. The fraction of sp³-hybridized carbons (Fsp3) is 0.0455. The van der Waals surface area contributed by atoms with E-state index in [1.807, 2.05) is 24.3 Å². The molecule has 0 saturated carbocycles. The molecule has 6 nitrogen and oxygen atoms in total.